The van der Waals surface area contributed by atoms with Crippen LogP contribution in [0.4, 0.5) is 0 Å². The Bertz CT molecular complexity index is 547. The summed E-state index contributed by atoms with van der Waals surface area (Å²) in [5, 5.41) is 3.65. The number of hydrogen-bond acceptors (Lipinski definition) is 3. The van der Waals surface area contributed by atoms with Gasteiger partial charge in [-0.3, -0.25) is 9.59 Å². The fourth-order valence-electron chi connectivity index (χ4n) is 2.77. The lowest BCUT2D eigenvalue weighted by Gasteiger charge is -2.34. The lowest BCUT2D eigenvalue weighted by Crippen LogP contribution is -2.55. The van der Waals surface area contributed by atoms with Crippen LogP contribution in [0.15, 0.2) is 24.3 Å². The Labute approximate surface area is 141 Å². The number of halogens is 1. The van der Waals surface area contributed by atoms with Crippen LogP contribution in [-0.4, -0.2) is 49.1 Å². The minimum Gasteiger partial charge on any atom is -0.377 e. The van der Waals surface area contributed by atoms with Crippen LogP contribution in [0.2, 0.25) is 5.02 Å². The Morgan fingerprint density at radius 2 is 2.09 bits per heavy atom. The molecule has 1 aliphatic rings. The predicted octanol–water partition coefficient (Wildman–Crippen LogP) is 2.20. The zero-order chi connectivity index (χ0) is 16.8. The third-order valence-corrected chi connectivity index (χ3v) is 4.44. The van der Waals surface area contributed by atoms with E-state index in [1.807, 2.05) is 24.3 Å². The van der Waals surface area contributed by atoms with E-state index >= 15 is 0 Å². The van der Waals surface area contributed by atoms with Crippen LogP contribution in [0, 0.1) is 0 Å². The van der Waals surface area contributed by atoms with Gasteiger partial charge in [-0.2, -0.15) is 0 Å². The molecule has 2 unspecified atom stereocenters. The molecule has 1 aromatic carbocycles. The molecule has 23 heavy (non-hydrogen) atoms. The van der Waals surface area contributed by atoms with Crippen LogP contribution < -0.4 is 5.32 Å². The smallest absolute Gasteiger partial charge is 0.245 e. The minimum absolute atomic E-state index is 0.0989. The summed E-state index contributed by atoms with van der Waals surface area (Å²) in [4.78, 5) is 25.6. The van der Waals surface area contributed by atoms with E-state index in [1.54, 1.807) is 4.90 Å². The van der Waals surface area contributed by atoms with Crippen molar-refractivity contribution in [3.05, 3.63) is 34.9 Å². The molecule has 1 saturated heterocycles. The predicted molar refractivity (Wildman–Crippen MR) is 89.5 cm³/mol. The summed E-state index contributed by atoms with van der Waals surface area (Å²) in [6.45, 7) is 5.28. The van der Waals surface area contributed by atoms with Crippen LogP contribution in [0.5, 0.6) is 0 Å². The summed E-state index contributed by atoms with van der Waals surface area (Å²) in [6, 6.07) is 7.13. The van der Waals surface area contributed by atoms with Gasteiger partial charge in [-0.25, -0.2) is 0 Å². The van der Waals surface area contributed by atoms with Crippen LogP contribution in [0.3, 0.4) is 0 Å². The average Bonchev–Trinajstić information content (AvgIpc) is 2.56. The number of morpholine rings is 1. The lowest BCUT2D eigenvalue weighted by atomic mass is 9.96. The molecule has 5 nitrogen and oxygen atoms in total. The molecule has 2 rings (SSSR count). The number of carbonyl (C=O) groups excluding carboxylic acids is 2. The summed E-state index contributed by atoms with van der Waals surface area (Å²) in [5.74, 6) is -0.0444. The zero-order valence-corrected chi connectivity index (χ0v) is 14.3. The Morgan fingerprint density at radius 1 is 1.39 bits per heavy atom. The summed E-state index contributed by atoms with van der Waals surface area (Å²) in [7, 11) is 0. The number of ether oxygens (including phenoxy) is 1. The average molecular weight is 339 g/mol. The van der Waals surface area contributed by atoms with Crippen LogP contribution in [0.25, 0.3) is 0 Å². The zero-order valence-electron chi connectivity index (χ0n) is 13.5. The number of hydrogen-bond donors (Lipinski definition) is 1. The molecule has 1 aliphatic heterocycles. The molecule has 0 saturated carbocycles. The topological polar surface area (TPSA) is 58.6 Å². The molecule has 0 bridgehead atoms. The van der Waals surface area contributed by atoms with E-state index in [0.29, 0.717) is 24.7 Å². The first-order valence-electron chi connectivity index (χ1n) is 7.91. The normalized spacial score (nSPS) is 19.3. The molecule has 6 heteroatoms. The first-order valence-corrected chi connectivity index (χ1v) is 8.28. The summed E-state index contributed by atoms with van der Waals surface area (Å²) < 4.78 is 5.35. The largest absolute Gasteiger partial charge is 0.377 e. The van der Waals surface area contributed by atoms with Gasteiger partial charge in [-0.05, 0) is 24.1 Å². The van der Waals surface area contributed by atoms with Crippen molar-refractivity contribution in [3.8, 4) is 0 Å². The Kier molecular flexibility index (Phi) is 6.42. The fraction of sp³-hybridized carbons (Fsp3) is 0.529. The van der Waals surface area contributed by atoms with Gasteiger partial charge in [0.1, 0.15) is 6.04 Å². The van der Waals surface area contributed by atoms with Crippen molar-refractivity contribution in [1.29, 1.82) is 0 Å². The van der Waals surface area contributed by atoms with E-state index in [9.17, 15) is 9.59 Å². The van der Waals surface area contributed by atoms with E-state index < -0.39 is 6.04 Å². The van der Waals surface area contributed by atoms with Gasteiger partial charge in [0.2, 0.25) is 11.8 Å². The Morgan fingerprint density at radius 3 is 2.70 bits per heavy atom. The second-order valence-electron chi connectivity index (χ2n) is 5.70. The Hall–Kier alpha value is -1.59. The van der Waals surface area contributed by atoms with Crippen LogP contribution in [-0.2, 0) is 14.3 Å². The van der Waals surface area contributed by atoms with Gasteiger partial charge in [-0.15, -0.1) is 0 Å². The van der Waals surface area contributed by atoms with Crippen LogP contribution in [0.1, 0.15) is 31.7 Å². The number of rotatable bonds is 5. The maximum Gasteiger partial charge on any atom is 0.245 e. The molecule has 2 atom stereocenters. The van der Waals surface area contributed by atoms with Crippen molar-refractivity contribution in [2.75, 3.05) is 26.3 Å². The maximum atomic E-state index is 12.4. The third-order valence-electron chi connectivity index (χ3n) is 4.19. The molecule has 0 aliphatic carbocycles. The summed E-state index contributed by atoms with van der Waals surface area (Å²) in [6.07, 6.45) is 0.902. The van der Waals surface area contributed by atoms with Crippen molar-refractivity contribution in [2.24, 2.45) is 0 Å². The first-order chi connectivity index (χ1) is 11.0. The summed E-state index contributed by atoms with van der Waals surface area (Å²) >= 11 is 5.91. The lowest BCUT2D eigenvalue weighted by molar-refractivity contribution is -0.146. The highest BCUT2D eigenvalue weighted by atomic mass is 35.5. The number of nitrogens with zero attached hydrogens (tertiary/aromatic N) is 1. The monoisotopic (exact) mass is 338 g/mol. The molecule has 0 spiro atoms. The molecule has 1 aromatic rings. The molecule has 2 amide bonds. The van der Waals surface area contributed by atoms with Crippen molar-refractivity contribution >= 4 is 23.4 Å². The van der Waals surface area contributed by atoms with Gasteiger partial charge in [0, 0.05) is 31.0 Å². The number of nitrogens with one attached hydrogen (secondary N) is 1. The molecule has 1 heterocycles. The van der Waals surface area contributed by atoms with Gasteiger partial charge in [0.15, 0.2) is 0 Å². The second kappa shape index (κ2) is 8.31. The van der Waals surface area contributed by atoms with Crippen LogP contribution >= 0.6 is 11.6 Å². The van der Waals surface area contributed by atoms with E-state index in [-0.39, 0.29) is 24.3 Å². The van der Waals surface area contributed by atoms with Crippen molar-refractivity contribution in [3.63, 3.8) is 0 Å². The molecule has 0 aromatic heterocycles. The van der Waals surface area contributed by atoms with E-state index in [2.05, 4.69) is 12.2 Å². The SMILES string of the molecule is CCC(CNC(=O)C1COCCN1C(C)=O)c1ccc(Cl)cc1. The Balaban J connectivity index is 1.96. The first kappa shape index (κ1) is 17.8. The fourth-order valence-corrected chi connectivity index (χ4v) is 2.90. The number of benzene rings is 1. The minimum atomic E-state index is -0.538. The van der Waals surface area contributed by atoms with Gasteiger partial charge in [-0.1, -0.05) is 30.7 Å². The van der Waals surface area contributed by atoms with Gasteiger partial charge in [0.05, 0.1) is 13.2 Å². The third kappa shape index (κ3) is 4.69. The van der Waals surface area contributed by atoms with Crippen molar-refractivity contribution < 1.29 is 14.3 Å². The molecular weight excluding hydrogens is 316 g/mol. The van der Waals surface area contributed by atoms with E-state index in [1.165, 1.54) is 6.92 Å². The molecule has 1 fully saturated rings. The highest BCUT2D eigenvalue weighted by Crippen LogP contribution is 2.21. The van der Waals surface area contributed by atoms with Gasteiger partial charge < -0.3 is 15.0 Å². The molecular formula is C17H23ClN2O3. The molecule has 1 N–H and O–H groups in total. The second-order valence-corrected chi connectivity index (χ2v) is 6.14. The number of amides is 2. The highest BCUT2D eigenvalue weighted by Gasteiger charge is 2.31. The van der Waals surface area contributed by atoms with E-state index in [4.69, 9.17) is 16.3 Å². The summed E-state index contributed by atoms with van der Waals surface area (Å²) in [5.41, 5.74) is 1.14. The maximum absolute atomic E-state index is 12.4. The van der Waals surface area contributed by atoms with E-state index in [0.717, 1.165) is 12.0 Å². The molecule has 126 valence electrons. The van der Waals surface area contributed by atoms with Crippen molar-refractivity contribution in [2.45, 2.75) is 32.2 Å². The van der Waals surface area contributed by atoms with Gasteiger partial charge in [0.25, 0.3) is 0 Å². The molecule has 0 radical (unpaired) electrons. The standard InChI is InChI=1S/C17H23ClN2O3/c1-3-13(14-4-6-15(18)7-5-14)10-19-17(22)16-11-23-9-8-20(16)12(2)21/h4-7,13,16H,3,8-11H2,1-2H3,(H,19,22). The highest BCUT2D eigenvalue weighted by molar-refractivity contribution is 6.30. The van der Waals surface area contributed by atoms with Gasteiger partial charge >= 0.3 is 0 Å². The van der Waals surface area contributed by atoms with Crippen molar-refractivity contribution in [1.82, 2.24) is 10.2 Å². The number of carbonyl (C=O) groups is 2. The quantitative estimate of drug-likeness (QED) is 0.895.